The molecule has 1 aromatic carbocycles. The van der Waals surface area contributed by atoms with Crippen molar-refractivity contribution < 1.29 is 0 Å². The van der Waals surface area contributed by atoms with Gasteiger partial charge >= 0.3 is 0 Å². The number of hydrogen-bond acceptors (Lipinski definition) is 3. The van der Waals surface area contributed by atoms with E-state index in [1.165, 1.54) is 0 Å². The van der Waals surface area contributed by atoms with E-state index in [0.717, 1.165) is 28.2 Å². The Balaban J connectivity index is 2.15. The van der Waals surface area contributed by atoms with Crippen molar-refractivity contribution in [2.24, 2.45) is 0 Å². The van der Waals surface area contributed by atoms with E-state index >= 15 is 0 Å². The number of hydrogen-bond donors (Lipinski definition) is 2. The molecule has 0 aliphatic heterocycles. The van der Waals surface area contributed by atoms with Crippen molar-refractivity contribution in [1.29, 1.82) is 0 Å². The fourth-order valence-electron chi connectivity index (χ4n) is 1.52. The summed E-state index contributed by atoms with van der Waals surface area (Å²) in [7, 11) is 0. The van der Waals surface area contributed by atoms with Crippen molar-refractivity contribution in [2.75, 3.05) is 17.2 Å². The highest BCUT2D eigenvalue weighted by atomic mass is 79.9. The van der Waals surface area contributed by atoms with E-state index in [1.54, 1.807) is 6.20 Å². The summed E-state index contributed by atoms with van der Waals surface area (Å²) in [6.45, 7) is 2.92. The molecule has 1 aromatic heterocycles. The lowest BCUT2D eigenvalue weighted by molar-refractivity contribution is 1.16. The zero-order chi connectivity index (χ0) is 12.1. The van der Waals surface area contributed by atoms with Gasteiger partial charge in [0, 0.05) is 34.7 Å². The molecule has 88 valence electrons. The van der Waals surface area contributed by atoms with Gasteiger partial charge in [0.25, 0.3) is 0 Å². The number of aromatic nitrogens is 1. The summed E-state index contributed by atoms with van der Waals surface area (Å²) in [4.78, 5) is 4.23. The largest absolute Gasteiger partial charge is 0.370 e. The summed E-state index contributed by atoms with van der Waals surface area (Å²) in [5.41, 5.74) is 2.07. The fraction of sp³-hybridized carbons (Fsp3) is 0.154. The van der Waals surface area contributed by atoms with Crippen LogP contribution in [0.25, 0.3) is 0 Å². The standard InChI is InChI=1S/C13H14BrN3/c1-2-15-13-9-12(6-7-16-13)17-11-5-3-4-10(14)8-11/h3-9H,2H2,1H3,(H2,15,16,17). The first-order chi connectivity index (χ1) is 8.28. The van der Waals surface area contributed by atoms with Gasteiger partial charge in [-0.05, 0) is 31.2 Å². The fourth-order valence-corrected chi connectivity index (χ4v) is 1.92. The summed E-state index contributed by atoms with van der Waals surface area (Å²) in [5.74, 6) is 0.882. The van der Waals surface area contributed by atoms with Crippen molar-refractivity contribution in [2.45, 2.75) is 6.92 Å². The molecule has 0 saturated carbocycles. The van der Waals surface area contributed by atoms with Gasteiger partial charge in [-0.25, -0.2) is 4.98 Å². The van der Waals surface area contributed by atoms with Gasteiger partial charge in [-0.2, -0.15) is 0 Å². The van der Waals surface area contributed by atoms with Crippen molar-refractivity contribution in [3.05, 3.63) is 47.1 Å². The van der Waals surface area contributed by atoms with Gasteiger partial charge in [0.2, 0.25) is 0 Å². The second-order valence-corrected chi connectivity index (χ2v) is 4.51. The third-order valence-electron chi connectivity index (χ3n) is 2.23. The average molecular weight is 292 g/mol. The van der Waals surface area contributed by atoms with Crippen molar-refractivity contribution in [3.63, 3.8) is 0 Å². The normalized spacial score (nSPS) is 10.0. The van der Waals surface area contributed by atoms with E-state index in [0.29, 0.717) is 0 Å². The van der Waals surface area contributed by atoms with Crippen molar-refractivity contribution >= 4 is 33.1 Å². The maximum Gasteiger partial charge on any atom is 0.127 e. The third-order valence-corrected chi connectivity index (χ3v) is 2.72. The van der Waals surface area contributed by atoms with Crippen molar-refractivity contribution in [1.82, 2.24) is 4.98 Å². The van der Waals surface area contributed by atoms with Crippen LogP contribution in [0.15, 0.2) is 47.1 Å². The van der Waals surface area contributed by atoms with Crippen LogP contribution in [0.3, 0.4) is 0 Å². The third kappa shape index (κ3) is 3.46. The highest BCUT2D eigenvalue weighted by Gasteiger charge is 1.97. The maximum absolute atomic E-state index is 4.23. The van der Waals surface area contributed by atoms with Crippen LogP contribution in [-0.2, 0) is 0 Å². The molecule has 4 heteroatoms. The first-order valence-corrected chi connectivity index (χ1v) is 6.30. The maximum atomic E-state index is 4.23. The number of halogens is 1. The molecule has 0 unspecified atom stereocenters. The van der Waals surface area contributed by atoms with E-state index in [4.69, 9.17) is 0 Å². The van der Waals surface area contributed by atoms with Crippen LogP contribution >= 0.6 is 15.9 Å². The van der Waals surface area contributed by atoms with E-state index in [9.17, 15) is 0 Å². The predicted molar refractivity (Wildman–Crippen MR) is 75.8 cm³/mol. The van der Waals surface area contributed by atoms with E-state index < -0.39 is 0 Å². The zero-order valence-electron chi connectivity index (χ0n) is 9.57. The van der Waals surface area contributed by atoms with Crippen LogP contribution in [-0.4, -0.2) is 11.5 Å². The minimum Gasteiger partial charge on any atom is -0.370 e. The quantitative estimate of drug-likeness (QED) is 0.893. The predicted octanol–water partition coefficient (Wildman–Crippen LogP) is 4.02. The van der Waals surface area contributed by atoms with Crippen LogP contribution in [0, 0.1) is 0 Å². The van der Waals surface area contributed by atoms with Gasteiger partial charge in [0.1, 0.15) is 5.82 Å². The first kappa shape index (κ1) is 11.9. The van der Waals surface area contributed by atoms with E-state index in [2.05, 4.69) is 38.5 Å². The Morgan fingerprint density at radius 2 is 2.00 bits per heavy atom. The molecule has 2 rings (SSSR count). The second kappa shape index (κ2) is 5.68. The smallest absolute Gasteiger partial charge is 0.127 e. The lowest BCUT2D eigenvalue weighted by atomic mass is 10.3. The molecule has 0 aliphatic rings. The molecule has 1 heterocycles. The Hall–Kier alpha value is -1.55. The van der Waals surface area contributed by atoms with E-state index in [-0.39, 0.29) is 0 Å². The minimum atomic E-state index is 0.868. The van der Waals surface area contributed by atoms with Crippen LogP contribution in [0.1, 0.15) is 6.92 Å². The Morgan fingerprint density at radius 1 is 1.18 bits per heavy atom. The molecule has 2 aromatic rings. The van der Waals surface area contributed by atoms with Crippen molar-refractivity contribution in [3.8, 4) is 0 Å². The molecule has 0 saturated heterocycles. The van der Waals surface area contributed by atoms with Crippen LogP contribution in [0.4, 0.5) is 17.2 Å². The lowest BCUT2D eigenvalue weighted by Crippen LogP contribution is -1.99. The molecule has 0 atom stereocenters. The minimum absolute atomic E-state index is 0.868. The number of pyridine rings is 1. The van der Waals surface area contributed by atoms with Gasteiger partial charge in [-0.3, -0.25) is 0 Å². The van der Waals surface area contributed by atoms with Gasteiger partial charge in [0.05, 0.1) is 0 Å². The highest BCUT2D eigenvalue weighted by molar-refractivity contribution is 9.10. The summed E-state index contributed by atoms with van der Waals surface area (Å²) < 4.78 is 1.06. The Morgan fingerprint density at radius 3 is 2.76 bits per heavy atom. The Kier molecular flexibility index (Phi) is 3.98. The number of rotatable bonds is 4. The van der Waals surface area contributed by atoms with Gasteiger partial charge < -0.3 is 10.6 Å². The van der Waals surface area contributed by atoms with Crippen LogP contribution < -0.4 is 10.6 Å². The summed E-state index contributed by atoms with van der Waals surface area (Å²) >= 11 is 3.45. The van der Waals surface area contributed by atoms with E-state index in [1.807, 2.05) is 36.4 Å². The number of nitrogens with zero attached hydrogens (tertiary/aromatic N) is 1. The average Bonchev–Trinajstić information content (AvgIpc) is 2.30. The molecule has 0 spiro atoms. The molecule has 17 heavy (non-hydrogen) atoms. The molecule has 0 bridgehead atoms. The topological polar surface area (TPSA) is 37.0 Å². The number of nitrogens with one attached hydrogen (secondary N) is 2. The Labute approximate surface area is 109 Å². The molecular weight excluding hydrogens is 278 g/mol. The van der Waals surface area contributed by atoms with Gasteiger partial charge in [-0.1, -0.05) is 22.0 Å². The molecule has 0 fully saturated rings. The summed E-state index contributed by atoms with van der Waals surface area (Å²) in [6.07, 6.45) is 1.79. The zero-order valence-corrected chi connectivity index (χ0v) is 11.2. The number of benzene rings is 1. The van der Waals surface area contributed by atoms with Crippen LogP contribution in [0.5, 0.6) is 0 Å². The van der Waals surface area contributed by atoms with Gasteiger partial charge in [-0.15, -0.1) is 0 Å². The van der Waals surface area contributed by atoms with Crippen LogP contribution in [0.2, 0.25) is 0 Å². The second-order valence-electron chi connectivity index (χ2n) is 3.60. The molecule has 0 amide bonds. The molecule has 0 radical (unpaired) electrons. The summed E-state index contributed by atoms with van der Waals surface area (Å²) in [6, 6.07) is 12.0. The Bertz CT molecular complexity index is 500. The number of anilines is 3. The molecular formula is C13H14BrN3. The lowest BCUT2D eigenvalue weighted by Gasteiger charge is -2.08. The molecule has 3 nitrogen and oxygen atoms in total. The highest BCUT2D eigenvalue weighted by Crippen LogP contribution is 2.21. The first-order valence-electron chi connectivity index (χ1n) is 5.50. The molecule has 0 aliphatic carbocycles. The monoisotopic (exact) mass is 291 g/mol. The molecule has 2 N–H and O–H groups in total. The van der Waals surface area contributed by atoms with Gasteiger partial charge in [0.15, 0.2) is 0 Å². The summed E-state index contributed by atoms with van der Waals surface area (Å²) in [5, 5.41) is 6.52. The SMILES string of the molecule is CCNc1cc(Nc2cccc(Br)c2)ccn1.